The molecule has 0 unspecified atom stereocenters. The predicted molar refractivity (Wildman–Crippen MR) is 127 cm³/mol. The Balaban J connectivity index is 1.35. The zero-order valence-corrected chi connectivity index (χ0v) is 18.2. The molecule has 0 saturated heterocycles. The van der Waals surface area contributed by atoms with Crippen molar-refractivity contribution in [3.05, 3.63) is 84.9 Å². The first kappa shape index (κ1) is 22.0. The standard InChI is InChI=1S/C24H24N2O2S2/c27-23(15-17-29-21-7-3-1-4-8-21)25-19-11-13-20(14-12-19)26-24(28)16-18-30-22-9-5-2-6-10-22/h1-14H,15-18H2,(H,25,27)(H,26,28). The molecule has 154 valence electrons. The lowest BCUT2D eigenvalue weighted by atomic mass is 10.2. The molecule has 30 heavy (non-hydrogen) atoms. The third-order valence-electron chi connectivity index (χ3n) is 4.13. The second kappa shape index (κ2) is 12.1. The molecule has 0 aromatic heterocycles. The number of thioether (sulfide) groups is 2. The van der Waals surface area contributed by atoms with E-state index in [1.165, 1.54) is 0 Å². The Hall–Kier alpha value is -2.70. The van der Waals surface area contributed by atoms with E-state index in [0.717, 1.165) is 32.7 Å². The Morgan fingerprint density at radius 3 is 1.30 bits per heavy atom. The predicted octanol–water partition coefficient (Wildman–Crippen LogP) is 5.93. The van der Waals surface area contributed by atoms with Crippen molar-refractivity contribution >= 4 is 46.7 Å². The van der Waals surface area contributed by atoms with Gasteiger partial charge in [0.05, 0.1) is 0 Å². The average molecular weight is 437 g/mol. The van der Waals surface area contributed by atoms with Gasteiger partial charge in [0, 0.05) is 45.5 Å². The smallest absolute Gasteiger partial charge is 0.225 e. The number of amides is 2. The minimum absolute atomic E-state index is 0.0202. The molecule has 0 spiro atoms. The third-order valence-corrected chi connectivity index (χ3v) is 6.16. The van der Waals surface area contributed by atoms with Crippen molar-refractivity contribution in [2.75, 3.05) is 22.1 Å². The van der Waals surface area contributed by atoms with Crippen molar-refractivity contribution < 1.29 is 9.59 Å². The molecule has 0 atom stereocenters. The van der Waals surface area contributed by atoms with E-state index in [1.807, 2.05) is 60.7 Å². The van der Waals surface area contributed by atoms with E-state index < -0.39 is 0 Å². The summed E-state index contributed by atoms with van der Waals surface area (Å²) in [6.07, 6.45) is 0.883. The molecule has 0 bridgehead atoms. The second-order valence-electron chi connectivity index (χ2n) is 6.50. The summed E-state index contributed by atoms with van der Waals surface area (Å²) in [4.78, 5) is 26.5. The Morgan fingerprint density at radius 1 is 0.567 bits per heavy atom. The molecule has 0 aliphatic carbocycles. The summed E-state index contributed by atoms with van der Waals surface area (Å²) in [5.74, 6) is 1.41. The second-order valence-corrected chi connectivity index (χ2v) is 8.83. The number of benzene rings is 3. The molecule has 0 fully saturated rings. The molecule has 4 nitrogen and oxygen atoms in total. The van der Waals surface area contributed by atoms with Crippen LogP contribution in [-0.4, -0.2) is 23.3 Å². The van der Waals surface area contributed by atoms with E-state index in [4.69, 9.17) is 0 Å². The van der Waals surface area contributed by atoms with Gasteiger partial charge in [0.25, 0.3) is 0 Å². The Kier molecular flexibility index (Phi) is 8.87. The fourth-order valence-electron chi connectivity index (χ4n) is 2.64. The average Bonchev–Trinajstić information content (AvgIpc) is 2.77. The maximum Gasteiger partial charge on any atom is 0.225 e. The van der Waals surface area contributed by atoms with Crippen LogP contribution in [0.1, 0.15) is 12.8 Å². The van der Waals surface area contributed by atoms with Crippen molar-refractivity contribution in [1.29, 1.82) is 0 Å². The van der Waals surface area contributed by atoms with E-state index in [2.05, 4.69) is 10.6 Å². The summed E-state index contributed by atoms with van der Waals surface area (Å²) in [5, 5.41) is 5.79. The molecule has 0 aliphatic heterocycles. The summed E-state index contributed by atoms with van der Waals surface area (Å²) in [6, 6.07) is 27.3. The van der Waals surface area contributed by atoms with Gasteiger partial charge in [0.15, 0.2) is 0 Å². The molecule has 0 radical (unpaired) electrons. The minimum atomic E-state index is -0.0202. The Morgan fingerprint density at radius 2 is 0.933 bits per heavy atom. The number of carbonyl (C=O) groups is 2. The van der Waals surface area contributed by atoms with Crippen LogP contribution in [0.2, 0.25) is 0 Å². The van der Waals surface area contributed by atoms with Crippen LogP contribution in [0.25, 0.3) is 0 Å². The summed E-state index contributed by atoms with van der Waals surface area (Å²) >= 11 is 3.33. The zero-order chi connectivity index (χ0) is 21.0. The largest absolute Gasteiger partial charge is 0.326 e. The zero-order valence-electron chi connectivity index (χ0n) is 16.5. The Labute approximate surface area is 185 Å². The molecule has 0 heterocycles. The number of hydrogen-bond acceptors (Lipinski definition) is 4. The van der Waals surface area contributed by atoms with Gasteiger partial charge in [-0.25, -0.2) is 0 Å². The van der Waals surface area contributed by atoms with Crippen molar-refractivity contribution in [3.8, 4) is 0 Å². The van der Waals surface area contributed by atoms with Gasteiger partial charge in [-0.3, -0.25) is 9.59 Å². The van der Waals surface area contributed by atoms with Crippen LogP contribution in [0.3, 0.4) is 0 Å². The lowest BCUT2D eigenvalue weighted by Crippen LogP contribution is -2.13. The number of hydrogen-bond donors (Lipinski definition) is 2. The molecule has 6 heteroatoms. The van der Waals surface area contributed by atoms with Gasteiger partial charge >= 0.3 is 0 Å². The highest BCUT2D eigenvalue weighted by molar-refractivity contribution is 7.99. The molecule has 0 aliphatic rings. The van der Waals surface area contributed by atoms with E-state index >= 15 is 0 Å². The third kappa shape index (κ3) is 7.97. The van der Waals surface area contributed by atoms with Crippen molar-refractivity contribution in [2.45, 2.75) is 22.6 Å². The molecular weight excluding hydrogens is 412 g/mol. The van der Waals surface area contributed by atoms with E-state index in [1.54, 1.807) is 47.8 Å². The molecular formula is C24H24N2O2S2. The fraction of sp³-hybridized carbons (Fsp3) is 0.167. The lowest BCUT2D eigenvalue weighted by Gasteiger charge is -2.08. The van der Waals surface area contributed by atoms with Crippen LogP contribution in [0, 0.1) is 0 Å². The van der Waals surface area contributed by atoms with Gasteiger partial charge in [-0.2, -0.15) is 0 Å². The maximum absolute atomic E-state index is 12.1. The lowest BCUT2D eigenvalue weighted by molar-refractivity contribution is -0.116. The van der Waals surface area contributed by atoms with Gasteiger partial charge in [-0.1, -0.05) is 36.4 Å². The molecule has 3 rings (SSSR count). The SMILES string of the molecule is O=C(CCSc1ccccc1)Nc1ccc(NC(=O)CCSc2ccccc2)cc1. The normalized spacial score (nSPS) is 10.4. The highest BCUT2D eigenvalue weighted by Gasteiger charge is 2.06. The van der Waals surface area contributed by atoms with Gasteiger partial charge in [-0.05, 0) is 48.5 Å². The highest BCUT2D eigenvalue weighted by Crippen LogP contribution is 2.20. The summed E-state index contributed by atoms with van der Waals surface area (Å²) in [7, 11) is 0. The van der Waals surface area contributed by atoms with Crippen LogP contribution < -0.4 is 10.6 Å². The topological polar surface area (TPSA) is 58.2 Å². The number of nitrogens with one attached hydrogen (secondary N) is 2. The molecule has 2 amide bonds. The highest BCUT2D eigenvalue weighted by atomic mass is 32.2. The number of anilines is 2. The Bertz CT molecular complexity index is 854. The maximum atomic E-state index is 12.1. The van der Waals surface area contributed by atoms with Crippen LogP contribution in [0.5, 0.6) is 0 Å². The summed E-state index contributed by atoms with van der Waals surface area (Å²) < 4.78 is 0. The van der Waals surface area contributed by atoms with Crippen LogP contribution in [0.15, 0.2) is 94.7 Å². The molecule has 2 N–H and O–H groups in total. The van der Waals surface area contributed by atoms with Crippen molar-refractivity contribution in [3.63, 3.8) is 0 Å². The first-order valence-electron chi connectivity index (χ1n) is 9.74. The fourth-order valence-corrected chi connectivity index (χ4v) is 4.39. The first-order chi connectivity index (χ1) is 14.7. The van der Waals surface area contributed by atoms with Crippen molar-refractivity contribution in [1.82, 2.24) is 0 Å². The van der Waals surface area contributed by atoms with Crippen LogP contribution in [-0.2, 0) is 9.59 Å². The molecule has 3 aromatic rings. The van der Waals surface area contributed by atoms with Gasteiger partial charge in [0.2, 0.25) is 11.8 Å². The summed E-state index contributed by atoms with van der Waals surface area (Å²) in [6.45, 7) is 0. The minimum Gasteiger partial charge on any atom is -0.326 e. The monoisotopic (exact) mass is 436 g/mol. The summed E-state index contributed by atoms with van der Waals surface area (Å²) in [5.41, 5.74) is 1.45. The van der Waals surface area contributed by atoms with Crippen LogP contribution in [0.4, 0.5) is 11.4 Å². The van der Waals surface area contributed by atoms with Crippen LogP contribution >= 0.6 is 23.5 Å². The number of carbonyl (C=O) groups excluding carboxylic acids is 2. The quantitative estimate of drug-likeness (QED) is 0.387. The number of rotatable bonds is 10. The first-order valence-corrected chi connectivity index (χ1v) is 11.7. The molecule has 3 aromatic carbocycles. The van der Waals surface area contributed by atoms with Gasteiger partial charge in [0.1, 0.15) is 0 Å². The van der Waals surface area contributed by atoms with Crippen molar-refractivity contribution in [2.24, 2.45) is 0 Å². The van der Waals surface area contributed by atoms with Gasteiger partial charge in [-0.15, -0.1) is 23.5 Å². The molecule has 0 saturated carbocycles. The van der Waals surface area contributed by atoms with E-state index in [-0.39, 0.29) is 11.8 Å². The van der Waals surface area contributed by atoms with Gasteiger partial charge < -0.3 is 10.6 Å². The van der Waals surface area contributed by atoms with E-state index in [9.17, 15) is 9.59 Å². The van der Waals surface area contributed by atoms with E-state index in [0.29, 0.717) is 12.8 Å².